The number of nitrogens with one attached hydrogen (secondary N) is 1. The van der Waals surface area contributed by atoms with Crippen molar-refractivity contribution < 1.29 is 4.79 Å². The van der Waals surface area contributed by atoms with Gasteiger partial charge in [-0.3, -0.25) is 4.79 Å². The van der Waals surface area contributed by atoms with Crippen molar-refractivity contribution in [3.63, 3.8) is 0 Å². The summed E-state index contributed by atoms with van der Waals surface area (Å²) in [5.74, 6) is 1.42. The third-order valence-electron chi connectivity index (χ3n) is 2.46. The van der Waals surface area contributed by atoms with Crippen LogP contribution in [0.15, 0.2) is 0 Å². The first-order chi connectivity index (χ1) is 6.74. The number of piperazine rings is 1. The Labute approximate surface area is 103 Å². The van der Waals surface area contributed by atoms with Gasteiger partial charge in [0.1, 0.15) is 0 Å². The maximum atomic E-state index is 11.7. The second-order valence-electron chi connectivity index (χ2n) is 3.79. The molecule has 1 aliphatic heterocycles. The summed E-state index contributed by atoms with van der Waals surface area (Å²) in [6.45, 7) is 4.82. The Bertz CT molecular complexity index is 192. The molecule has 3 nitrogen and oxygen atoms in total. The van der Waals surface area contributed by atoms with Gasteiger partial charge in [0.15, 0.2) is 0 Å². The van der Waals surface area contributed by atoms with Crippen LogP contribution in [0.4, 0.5) is 0 Å². The highest BCUT2D eigenvalue weighted by molar-refractivity contribution is 7.98. The van der Waals surface area contributed by atoms with Crippen molar-refractivity contribution in [1.29, 1.82) is 0 Å². The van der Waals surface area contributed by atoms with E-state index in [9.17, 15) is 4.79 Å². The van der Waals surface area contributed by atoms with Crippen molar-refractivity contribution in [3.8, 4) is 0 Å². The van der Waals surface area contributed by atoms with Crippen LogP contribution in [0.25, 0.3) is 0 Å². The van der Waals surface area contributed by atoms with E-state index in [0.717, 1.165) is 31.8 Å². The lowest BCUT2D eigenvalue weighted by molar-refractivity contribution is -0.132. The summed E-state index contributed by atoms with van der Waals surface area (Å²) in [5, 5.41) is 3.34. The molecule has 1 saturated heterocycles. The maximum Gasteiger partial charge on any atom is 0.222 e. The molecule has 1 fully saturated rings. The molecule has 1 unspecified atom stereocenters. The summed E-state index contributed by atoms with van der Waals surface area (Å²) in [7, 11) is 0. The molecule has 1 heterocycles. The van der Waals surface area contributed by atoms with Gasteiger partial charge in [0.2, 0.25) is 5.91 Å². The molecule has 1 N–H and O–H groups in total. The van der Waals surface area contributed by atoms with E-state index in [1.165, 1.54) is 0 Å². The van der Waals surface area contributed by atoms with E-state index in [-0.39, 0.29) is 12.4 Å². The summed E-state index contributed by atoms with van der Waals surface area (Å²) < 4.78 is 0. The lowest BCUT2D eigenvalue weighted by Gasteiger charge is -2.32. The Morgan fingerprint density at radius 3 is 2.93 bits per heavy atom. The summed E-state index contributed by atoms with van der Waals surface area (Å²) in [4.78, 5) is 13.7. The molecule has 0 aromatic heterocycles. The Morgan fingerprint density at radius 2 is 2.33 bits per heavy atom. The molecule has 1 aliphatic rings. The van der Waals surface area contributed by atoms with Crippen LogP contribution in [0.1, 0.15) is 19.8 Å². The van der Waals surface area contributed by atoms with Crippen LogP contribution in [-0.2, 0) is 4.79 Å². The molecule has 0 saturated carbocycles. The first-order valence-corrected chi connectivity index (χ1v) is 6.63. The second kappa shape index (κ2) is 8.25. The van der Waals surface area contributed by atoms with Crippen molar-refractivity contribution in [2.45, 2.75) is 25.8 Å². The van der Waals surface area contributed by atoms with Crippen LogP contribution in [0.5, 0.6) is 0 Å². The van der Waals surface area contributed by atoms with Crippen molar-refractivity contribution in [1.82, 2.24) is 10.2 Å². The molecule has 0 bridgehead atoms. The predicted octanol–water partition coefficient (Wildman–Crippen LogP) is 1.37. The summed E-state index contributed by atoms with van der Waals surface area (Å²) in [5.41, 5.74) is 0. The molecular formula is C10H21ClN2OS. The molecule has 1 amide bonds. The molecule has 1 atom stereocenters. The van der Waals surface area contributed by atoms with E-state index < -0.39 is 0 Å². The SMILES string of the molecule is CSCCCC(=O)N1CCNC(C)C1.Cl. The van der Waals surface area contributed by atoms with Crippen LogP contribution in [0, 0.1) is 0 Å². The van der Waals surface area contributed by atoms with Crippen LogP contribution in [0.2, 0.25) is 0 Å². The Kier molecular flexibility index (Phi) is 8.29. The summed E-state index contributed by atoms with van der Waals surface area (Å²) in [6, 6.07) is 0.452. The number of carbonyl (C=O) groups excluding carboxylic acids is 1. The molecule has 0 radical (unpaired) electrons. The zero-order valence-electron chi connectivity index (χ0n) is 9.49. The summed E-state index contributed by atoms with van der Waals surface area (Å²) in [6.07, 6.45) is 3.81. The Hall–Kier alpha value is 0.0700. The van der Waals surface area contributed by atoms with Gasteiger partial charge >= 0.3 is 0 Å². The van der Waals surface area contributed by atoms with Crippen molar-refractivity contribution in [3.05, 3.63) is 0 Å². The average Bonchev–Trinajstić information content (AvgIpc) is 2.18. The quantitative estimate of drug-likeness (QED) is 0.768. The normalized spacial score (nSPS) is 20.9. The fourth-order valence-electron chi connectivity index (χ4n) is 1.68. The molecule has 0 spiro atoms. The van der Waals surface area contributed by atoms with Gasteiger partial charge in [-0.25, -0.2) is 0 Å². The molecule has 0 aliphatic carbocycles. The number of nitrogens with zero attached hydrogens (tertiary/aromatic N) is 1. The molecule has 0 aromatic rings. The highest BCUT2D eigenvalue weighted by atomic mass is 35.5. The third kappa shape index (κ3) is 5.64. The molecule has 0 aromatic carbocycles. The lowest BCUT2D eigenvalue weighted by atomic mass is 10.2. The van der Waals surface area contributed by atoms with Crippen molar-refractivity contribution >= 4 is 30.1 Å². The largest absolute Gasteiger partial charge is 0.340 e. The molecule has 90 valence electrons. The second-order valence-corrected chi connectivity index (χ2v) is 4.78. The van der Waals surface area contributed by atoms with E-state index in [0.29, 0.717) is 18.4 Å². The zero-order chi connectivity index (χ0) is 10.4. The van der Waals surface area contributed by atoms with E-state index in [1.54, 1.807) is 0 Å². The van der Waals surface area contributed by atoms with Crippen molar-refractivity contribution in [2.24, 2.45) is 0 Å². The van der Waals surface area contributed by atoms with E-state index in [1.807, 2.05) is 16.7 Å². The minimum Gasteiger partial charge on any atom is -0.340 e. The Morgan fingerprint density at radius 1 is 1.60 bits per heavy atom. The number of halogens is 1. The number of hydrogen-bond acceptors (Lipinski definition) is 3. The van der Waals surface area contributed by atoms with Gasteiger partial charge in [0, 0.05) is 32.1 Å². The number of amides is 1. The predicted molar refractivity (Wildman–Crippen MR) is 68.9 cm³/mol. The minimum atomic E-state index is 0. The van der Waals surface area contributed by atoms with Crippen LogP contribution in [0.3, 0.4) is 0 Å². The highest BCUT2D eigenvalue weighted by Crippen LogP contribution is 2.05. The molecule has 15 heavy (non-hydrogen) atoms. The van der Waals surface area contributed by atoms with Gasteiger partial charge in [-0.2, -0.15) is 11.8 Å². The smallest absolute Gasteiger partial charge is 0.222 e. The number of rotatable bonds is 4. The maximum absolute atomic E-state index is 11.7. The number of carbonyl (C=O) groups is 1. The van der Waals surface area contributed by atoms with Gasteiger partial charge in [0.25, 0.3) is 0 Å². The summed E-state index contributed by atoms with van der Waals surface area (Å²) >= 11 is 1.81. The number of hydrogen-bond donors (Lipinski definition) is 1. The van der Waals surface area contributed by atoms with Crippen LogP contribution < -0.4 is 5.32 Å². The lowest BCUT2D eigenvalue weighted by Crippen LogP contribution is -2.51. The van der Waals surface area contributed by atoms with Crippen molar-refractivity contribution in [2.75, 3.05) is 31.6 Å². The molecule has 5 heteroatoms. The van der Waals surface area contributed by atoms with E-state index in [2.05, 4.69) is 18.5 Å². The Balaban J connectivity index is 0.00000196. The highest BCUT2D eigenvalue weighted by Gasteiger charge is 2.19. The van der Waals surface area contributed by atoms with Crippen LogP contribution in [-0.4, -0.2) is 48.5 Å². The fraction of sp³-hybridized carbons (Fsp3) is 0.900. The van der Waals surface area contributed by atoms with Gasteiger partial charge in [0.05, 0.1) is 0 Å². The standard InChI is InChI=1S/C10H20N2OS.ClH/c1-9-8-12(6-5-11-9)10(13)4-3-7-14-2;/h9,11H,3-8H2,1-2H3;1H. The monoisotopic (exact) mass is 252 g/mol. The van der Waals surface area contributed by atoms with E-state index in [4.69, 9.17) is 0 Å². The van der Waals surface area contributed by atoms with Crippen LogP contribution >= 0.6 is 24.2 Å². The first kappa shape index (κ1) is 15.1. The molecule has 1 rings (SSSR count). The van der Waals surface area contributed by atoms with Gasteiger partial charge in [-0.1, -0.05) is 0 Å². The van der Waals surface area contributed by atoms with Gasteiger partial charge in [-0.05, 0) is 25.4 Å². The third-order valence-corrected chi connectivity index (χ3v) is 3.16. The zero-order valence-corrected chi connectivity index (χ0v) is 11.1. The van der Waals surface area contributed by atoms with Gasteiger partial charge in [-0.15, -0.1) is 12.4 Å². The number of thioether (sulfide) groups is 1. The minimum absolute atomic E-state index is 0. The van der Waals surface area contributed by atoms with E-state index >= 15 is 0 Å². The first-order valence-electron chi connectivity index (χ1n) is 5.24. The average molecular weight is 253 g/mol. The fourth-order valence-corrected chi connectivity index (χ4v) is 2.12. The van der Waals surface area contributed by atoms with Gasteiger partial charge < -0.3 is 10.2 Å². The molecular weight excluding hydrogens is 232 g/mol. The topological polar surface area (TPSA) is 32.3 Å².